The van der Waals surface area contributed by atoms with Gasteiger partial charge < -0.3 is 10.2 Å². The number of carbonyl (C=O) groups is 2. The van der Waals surface area contributed by atoms with Gasteiger partial charge in [-0.1, -0.05) is 51.8 Å². The molecule has 0 saturated carbocycles. The van der Waals surface area contributed by atoms with Crippen molar-refractivity contribution in [2.45, 2.75) is 38.3 Å². The molecular weight excluding hydrogens is 578 g/mol. The van der Waals surface area contributed by atoms with Gasteiger partial charge in [0.05, 0.1) is 10.6 Å². The molecule has 0 saturated heterocycles. The molecule has 196 valence electrons. The minimum absolute atomic E-state index is 0.00226. The van der Waals surface area contributed by atoms with Crippen LogP contribution in [-0.2, 0) is 26.2 Å². The van der Waals surface area contributed by atoms with E-state index in [9.17, 15) is 18.0 Å². The Morgan fingerprint density at radius 3 is 2.27 bits per heavy atom. The SMILES string of the molecule is CCNC(=O)[C@H](C)N(Cc1ccc(Br)cc1)C(=O)CN(c1cccc(C)c1)S(=O)(=O)c1ccc(Cl)cc1. The fourth-order valence-electron chi connectivity index (χ4n) is 3.74. The minimum atomic E-state index is -4.13. The van der Waals surface area contributed by atoms with Gasteiger partial charge in [0.15, 0.2) is 0 Å². The summed E-state index contributed by atoms with van der Waals surface area (Å²) in [6.07, 6.45) is 0. The Hall–Kier alpha value is -2.88. The number of sulfonamides is 1. The average molecular weight is 607 g/mol. The summed E-state index contributed by atoms with van der Waals surface area (Å²) in [6.45, 7) is 5.32. The highest BCUT2D eigenvalue weighted by atomic mass is 79.9. The number of nitrogens with one attached hydrogen (secondary N) is 1. The van der Waals surface area contributed by atoms with E-state index in [1.165, 1.54) is 29.2 Å². The molecule has 0 fully saturated rings. The maximum absolute atomic E-state index is 13.8. The molecular formula is C27H29BrClN3O4S. The van der Waals surface area contributed by atoms with Crippen molar-refractivity contribution in [3.8, 4) is 0 Å². The molecule has 0 radical (unpaired) electrons. The number of amides is 2. The molecule has 0 unspecified atom stereocenters. The summed E-state index contributed by atoms with van der Waals surface area (Å²) in [5.74, 6) is -0.837. The topological polar surface area (TPSA) is 86.8 Å². The van der Waals surface area contributed by atoms with Crippen molar-refractivity contribution in [3.63, 3.8) is 0 Å². The van der Waals surface area contributed by atoms with Crippen LogP contribution < -0.4 is 9.62 Å². The summed E-state index contributed by atoms with van der Waals surface area (Å²) in [7, 11) is -4.13. The van der Waals surface area contributed by atoms with Crippen molar-refractivity contribution in [2.24, 2.45) is 0 Å². The lowest BCUT2D eigenvalue weighted by molar-refractivity contribution is -0.139. The molecule has 0 aliphatic rings. The first-order chi connectivity index (χ1) is 17.5. The smallest absolute Gasteiger partial charge is 0.264 e. The Bertz CT molecular complexity index is 1350. The first-order valence-corrected chi connectivity index (χ1v) is 14.3. The zero-order valence-corrected chi connectivity index (χ0v) is 24.0. The lowest BCUT2D eigenvalue weighted by Crippen LogP contribution is -2.51. The van der Waals surface area contributed by atoms with Gasteiger partial charge in [0.1, 0.15) is 12.6 Å². The molecule has 3 rings (SSSR count). The lowest BCUT2D eigenvalue weighted by atomic mass is 10.1. The second-order valence-electron chi connectivity index (χ2n) is 8.52. The monoisotopic (exact) mass is 605 g/mol. The van der Waals surface area contributed by atoms with Crippen molar-refractivity contribution in [1.82, 2.24) is 10.2 Å². The number of hydrogen-bond acceptors (Lipinski definition) is 4. The minimum Gasteiger partial charge on any atom is -0.355 e. The quantitative estimate of drug-likeness (QED) is 0.346. The molecule has 1 N–H and O–H groups in total. The number of aryl methyl sites for hydroxylation is 1. The second-order valence-corrected chi connectivity index (χ2v) is 11.7. The molecule has 3 aromatic carbocycles. The van der Waals surface area contributed by atoms with Gasteiger partial charge in [-0.05, 0) is 80.4 Å². The van der Waals surface area contributed by atoms with Crippen LogP contribution in [0.15, 0.2) is 82.2 Å². The Morgan fingerprint density at radius 1 is 1.03 bits per heavy atom. The van der Waals surface area contributed by atoms with Crippen LogP contribution >= 0.6 is 27.5 Å². The van der Waals surface area contributed by atoms with E-state index >= 15 is 0 Å². The van der Waals surface area contributed by atoms with E-state index in [1.807, 2.05) is 37.3 Å². The summed E-state index contributed by atoms with van der Waals surface area (Å²) in [5, 5.41) is 3.14. The van der Waals surface area contributed by atoms with Crippen LogP contribution in [-0.4, -0.2) is 44.3 Å². The van der Waals surface area contributed by atoms with Gasteiger partial charge in [-0.25, -0.2) is 8.42 Å². The van der Waals surface area contributed by atoms with Crippen LogP contribution in [0.25, 0.3) is 0 Å². The predicted octanol–water partition coefficient (Wildman–Crippen LogP) is 5.16. The average Bonchev–Trinajstić information content (AvgIpc) is 2.86. The van der Waals surface area contributed by atoms with E-state index in [0.717, 1.165) is 19.9 Å². The molecule has 0 heterocycles. The fraction of sp³-hybridized carbons (Fsp3) is 0.259. The number of carbonyl (C=O) groups excluding carboxylic acids is 2. The Kier molecular flexibility index (Phi) is 9.75. The highest BCUT2D eigenvalue weighted by molar-refractivity contribution is 9.10. The van der Waals surface area contributed by atoms with Crippen LogP contribution in [0, 0.1) is 6.92 Å². The van der Waals surface area contributed by atoms with Crippen LogP contribution in [0.1, 0.15) is 25.0 Å². The predicted molar refractivity (Wildman–Crippen MR) is 150 cm³/mol. The Morgan fingerprint density at radius 2 is 1.68 bits per heavy atom. The lowest BCUT2D eigenvalue weighted by Gasteiger charge is -2.32. The van der Waals surface area contributed by atoms with Gasteiger partial charge in [-0.2, -0.15) is 0 Å². The highest BCUT2D eigenvalue weighted by Gasteiger charge is 2.32. The number of halogens is 2. The maximum Gasteiger partial charge on any atom is 0.264 e. The van der Waals surface area contributed by atoms with Gasteiger partial charge in [0, 0.05) is 22.6 Å². The summed E-state index contributed by atoms with van der Waals surface area (Å²) in [5.41, 5.74) is 1.98. The molecule has 0 aliphatic carbocycles. The van der Waals surface area contributed by atoms with E-state index in [4.69, 9.17) is 11.6 Å². The Balaban J connectivity index is 2.02. The van der Waals surface area contributed by atoms with Crippen LogP contribution in [0.2, 0.25) is 5.02 Å². The molecule has 3 aromatic rings. The van der Waals surface area contributed by atoms with E-state index in [0.29, 0.717) is 17.3 Å². The van der Waals surface area contributed by atoms with Gasteiger partial charge >= 0.3 is 0 Å². The number of anilines is 1. The second kappa shape index (κ2) is 12.6. The molecule has 0 spiro atoms. The van der Waals surface area contributed by atoms with Crippen molar-refractivity contribution in [3.05, 3.63) is 93.4 Å². The first-order valence-electron chi connectivity index (χ1n) is 11.7. The zero-order valence-electron chi connectivity index (χ0n) is 20.8. The number of hydrogen-bond donors (Lipinski definition) is 1. The zero-order chi connectivity index (χ0) is 27.2. The Labute approximate surface area is 231 Å². The number of benzene rings is 3. The molecule has 0 aromatic heterocycles. The van der Waals surface area contributed by atoms with Gasteiger partial charge in [-0.15, -0.1) is 0 Å². The summed E-state index contributed by atoms with van der Waals surface area (Å²) in [4.78, 5) is 27.9. The van der Waals surface area contributed by atoms with E-state index in [1.54, 1.807) is 32.0 Å². The molecule has 37 heavy (non-hydrogen) atoms. The van der Waals surface area contributed by atoms with Crippen molar-refractivity contribution in [2.75, 3.05) is 17.4 Å². The highest BCUT2D eigenvalue weighted by Crippen LogP contribution is 2.26. The molecule has 1 atom stereocenters. The van der Waals surface area contributed by atoms with Gasteiger partial charge in [0.25, 0.3) is 10.0 Å². The van der Waals surface area contributed by atoms with E-state index in [2.05, 4.69) is 21.2 Å². The number of nitrogens with zero attached hydrogens (tertiary/aromatic N) is 2. The third-order valence-corrected chi connectivity index (χ3v) is 8.32. The third-order valence-electron chi connectivity index (χ3n) is 5.75. The van der Waals surface area contributed by atoms with Gasteiger partial charge in [-0.3, -0.25) is 13.9 Å². The molecule has 7 nitrogen and oxygen atoms in total. The first kappa shape index (κ1) is 28.7. The molecule has 0 bridgehead atoms. The van der Waals surface area contributed by atoms with Crippen molar-refractivity contribution < 1.29 is 18.0 Å². The van der Waals surface area contributed by atoms with Crippen LogP contribution in [0.4, 0.5) is 5.69 Å². The summed E-state index contributed by atoms with van der Waals surface area (Å²) >= 11 is 9.37. The van der Waals surface area contributed by atoms with Crippen molar-refractivity contribution >= 4 is 55.1 Å². The van der Waals surface area contributed by atoms with Crippen molar-refractivity contribution in [1.29, 1.82) is 0 Å². The maximum atomic E-state index is 13.8. The van der Waals surface area contributed by atoms with E-state index in [-0.39, 0.29) is 17.3 Å². The van der Waals surface area contributed by atoms with Crippen LogP contribution in [0.3, 0.4) is 0 Å². The fourth-order valence-corrected chi connectivity index (χ4v) is 5.53. The number of likely N-dealkylation sites (N-methyl/N-ethyl adjacent to an activating group) is 1. The molecule has 10 heteroatoms. The largest absolute Gasteiger partial charge is 0.355 e. The third kappa shape index (κ3) is 7.34. The van der Waals surface area contributed by atoms with Crippen LogP contribution in [0.5, 0.6) is 0 Å². The summed E-state index contributed by atoms with van der Waals surface area (Å²) < 4.78 is 29.4. The van der Waals surface area contributed by atoms with Gasteiger partial charge in [0.2, 0.25) is 11.8 Å². The molecule has 2 amide bonds. The van der Waals surface area contributed by atoms with E-state index < -0.39 is 28.5 Å². The number of rotatable bonds is 10. The molecule has 0 aliphatic heterocycles. The summed E-state index contributed by atoms with van der Waals surface area (Å²) in [6, 6.07) is 19.3. The standard InChI is InChI=1S/C27H29BrClN3O4S/c1-4-30-27(34)20(3)31(17-21-8-10-22(28)11-9-21)26(33)18-32(24-7-5-6-19(2)16-24)37(35,36)25-14-12-23(29)13-15-25/h5-16,20H,4,17-18H2,1-3H3,(H,30,34)/t20-/m0/s1. The normalized spacial score (nSPS) is 12.0.